The van der Waals surface area contributed by atoms with Gasteiger partial charge in [-0.05, 0) is 46.7 Å². The van der Waals surface area contributed by atoms with Crippen LogP contribution in [-0.4, -0.2) is 0 Å². The molecule has 0 N–H and O–H groups in total. The van der Waals surface area contributed by atoms with Gasteiger partial charge in [0.15, 0.2) is 0 Å². The van der Waals surface area contributed by atoms with Crippen LogP contribution in [0.15, 0.2) is 103 Å². The summed E-state index contributed by atoms with van der Waals surface area (Å²) < 4.78 is 0. The highest BCUT2D eigenvalue weighted by molar-refractivity contribution is 5.99. The number of rotatable bonds is 5. The Labute approximate surface area is 150 Å². The van der Waals surface area contributed by atoms with E-state index in [0.717, 1.165) is 6.42 Å². The maximum atomic E-state index is 3.95. The lowest BCUT2D eigenvalue weighted by molar-refractivity contribution is 0.883. The molecule has 0 spiro atoms. The second-order valence-corrected chi connectivity index (χ2v) is 6.63. The molecular formula is C25H22. The van der Waals surface area contributed by atoms with Crippen molar-refractivity contribution in [3.8, 4) is 0 Å². The highest BCUT2D eigenvalue weighted by atomic mass is 14.5. The highest BCUT2D eigenvalue weighted by Crippen LogP contribution is 2.63. The van der Waals surface area contributed by atoms with E-state index in [9.17, 15) is 0 Å². The minimum atomic E-state index is -0.109. The summed E-state index contributed by atoms with van der Waals surface area (Å²) in [5, 5.41) is 0. The van der Waals surface area contributed by atoms with Crippen LogP contribution in [0.4, 0.5) is 0 Å². The third-order valence-corrected chi connectivity index (χ3v) is 5.30. The Bertz CT molecular complexity index is 932. The Hall–Kier alpha value is -2.86. The molecule has 0 fully saturated rings. The molecule has 0 saturated carbocycles. The van der Waals surface area contributed by atoms with Crippen molar-refractivity contribution in [3.05, 3.63) is 125 Å². The van der Waals surface area contributed by atoms with Gasteiger partial charge in [0.2, 0.25) is 0 Å². The number of benzene rings is 3. The SMILES string of the molecule is C=CCc1ccccc1C1(c2ccccc2)C(C)=C1c1ccccc1. The zero-order valence-electron chi connectivity index (χ0n) is 14.6. The molecule has 3 aromatic carbocycles. The first kappa shape index (κ1) is 15.7. The number of hydrogen-bond donors (Lipinski definition) is 0. The molecule has 0 radical (unpaired) electrons. The third kappa shape index (κ3) is 2.37. The molecule has 4 rings (SSSR count). The molecule has 1 atom stereocenters. The van der Waals surface area contributed by atoms with E-state index >= 15 is 0 Å². The lowest BCUT2D eigenvalue weighted by atomic mass is 9.77. The first-order valence-corrected chi connectivity index (χ1v) is 8.82. The van der Waals surface area contributed by atoms with E-state index in [2.05, 4.69) is 98.4 Å². The van der Waals surface area contributed by atoms with Gasteiger partial charge >= 0.3 is 0 Å². The molecule has 0 aliphatic heterocycles. The van der Waals surface area contributed by atoms with Crippen LogP contribution in [0, 0.1) is 0 Å². The maximum absolute atomic E-state index is 3.95. The molecule has 0 aromatic heterocycles. The zero-order valence-corrected chi connectivity index (χ0v) is 14.6. The van der Waals surface area contributed by atoms with Crippen molar-refractivity contribution in [1.29, 1.82) is 0 Å². The summed E-state index contributed by atoms with van der Waals surface area (Å²) >= 11 is 0. The fraction of sp³-hybridized carbons (Fsp3) is 0.120. The summed E-state index contributed by atoms with van der Waals surface area (Å²) in [5.41, 5.74) is 8.18. The predicted octanol–water partition coefficient (Wildman–Crippen LogP) is 6.19. The van der Waals surface area contributed by atoms with E-state index in [4.69, 9.17) is 0 Å². The van der Waals surface area contributed by atoms with Crippen molar-refractivity contribution in [2.45, 2.75) is 18.8 Å². The third-order valence-electron chi connectivity index (χ3n) is 5.30. The van der Waals surface area contributed by atoms with Crippen LogP contribution in [0.3, 0.4) is 0 Å². The van der Waals surface area contributed by atoms with Crippen molar-refractivity contribution in [2.24, 2.45) is 0 Å². The van der Waals surface area contributed by atoms with Gasteiger partial charge in [0.1, 0.15) is 0 Å². The average Bonchev–Trinajstić information content (AvgIpc) is 3.30. The van der Waals surface area contributed by atoms with Crippen molar-refractivity contribution < 1.29 is 0 Å². The number of allylic oxidation sites excluding steroid dienone is 3. The van der Waals surface area contributed by atoms with E-state index in [1.807, 2.05) is 6.08 Å². The van der Waals surface area contributed by atoms with Crippen LogP contribution < -0.4 is 0 Å². The average molecular weight is 322 g/mol. The molecule has 0 heteroatoms. The van der Waals surface area contributed by atoms with E-state index in [1.54, 1.807) is 0 Å². The molecule has 1 unspecified atom stereocenters. The fourth-order valence-electron chi connectivity index (χ4n) is 4.20. The van der Waals surface area contributed by atoms with Crippen LogP contribution in [0.2, 0.25) is 0 Å². The summed E-state index contributed by atoms with van der Waals surface area (Å²) in [6.07, 6.45) is 2.89. The minimum Gasteiger partial charge on any atom is -0.103 e. The fourth-order valence-corrected chi connectivity index (χ4v) is 4.20. The van der Waals surface area contributed by atoms with Gasteiger partial charge in [-0.3, -0.25) is 0 Å². The Balaban J connectivity index is 1.94. The van der Waals surface area contributed by atoms with E-state index in [0.29, 0.717) is 0 Å². The summed E-state index contributed by atoms with van der Waals surface area (Å²) in [5.74, 6) is 0. The Morgan fingerprint density at radius 3 is 2.08 bits per heavy atom. The molecular weight excluding hydrogens is 300 g/mol. The van der Waals surface area contributed by atoms with Crippen molar-refractivity contribution in [3.63, 3.8) is 0 Å². The number of hydrogen-bond acceptors (Lipinski definition) is 0. The first-order valence-electron chi connectivity index (χ1n) is 8.82. The smallest absolute Gasteiger partial charge is 0.0673 e. The molecule has 0 saturated heterocycles. The second kappa shape index (κ2) is 6.22. The standard InChI is InChI=1S/C25H22/c1-3-12-20-13-10-11-18-23(20)25(22-16-8-5-9-17-22)19(2)24(25)21-14-6-4-7-15-21/h3-11,13-18H,1,12H2,2H3. The molecule has 25 heavy (non-hydrogen) atoms. The molecule has 1 aliphatic carbocycles. The summed E-state index contributed by atoms with van der Waals surface area (Å²) in [7, 11) is 0. The Kier molecular flexibility index (Phi) is 3.89. The van der Waals surface area contributed by atoms with Crippen molar-refractivity contribution >= 4 is 5.57 Å². The lowest BCUT2D eigenvalue weighted by Gasteiger charge is -2.24. The quantitative estimate of drug-likeness (QED) is 0.491. The predicted molar refractivity (Wildman–Crippen MR) is 107 cm³/mol. The van der Waals surface area contributed by atoms with Gasteiger partial charge in [-0.15, -0.1) is 6.58 Å². The van der Waals surface area contributed by atoms with Gasteiger partial charge in [-0.2, -0.15) is 0 Å². The maximum Gasteiger partial charge on any atom is 0.0673 e. The monoisotopic (exact) mass is 322 g/mol. The molecule has 1 aliphatic rings. The molecule has 3 aromatic rings. The molecule has 0 amide bonds. The largest absolute Gasteiger partial charge is 0.103 e. The highest BCUT2D eigenvalue weighted by Gasteiger charge is 2.54. The van der Waals surface area contributed by atoms with Gasteiger partial charge in [0.05, 0.1) is 5.41 Å². The van der Waals surface area contributed by atoms with Crippen LogP contribution >= 0.6 is 0 Å². The van der Waals surface area contributed by atoms with Gasteiger partial charge in [0.25, 0.3) is 0 Å². The van der Waals surface area contributed by atoms with Gasteiger partial charge < -0.3 is 0 Å². The molecule has 0 nitrogen and oxygen atoms in total. The minimum absolute atomic E-state index is 0.109. The van der Waals surface area contributed by atoms with Gasteiger partial charge in [-0.25, -0.2) is 0 Å². The Morgan fingerprint density at radius 2 is 1.40 bits per heavy atom. The Morgan fingerprint density at radius 1 is 0.800 bits per heavy atom. The summed E-state index contributed by atoms with van der Waals surface area (Å²) in [4.78, 5) is 0. The molecule has 0 bridgehead atoms. The van der Waals surface area contributed by atoms with Gasteiger partial charge in [0, 0.05) is 0 Å². The van der Waals surface area contributed by atoms with Crippen LogP contribution in [-0.2, 0) is 11.8 Å². The molecule has 122 valence electrons. The summed E-state index contributed by atoms with van der Waals surface area (Å²) in [6.45, 7) is 6.23. The topological polar surface area (TPSA) is 0 Å². The summed E-state index contributed by atoms with van der Waals surface area (Å²) in [6, 6.07) is 30.4. The van der Waals surface area contributed by atoms with Crippen LogP contribution in [0.25, 0.3) is 5.57 Å². The van der Waals surface area contributed by atoms with Crippen molar-refractivity contribution in [1.82, 2.24) is 0 Å². The normalized spacial score (nSPS) is 18.9. The second-order valence-electron chi connectivity index (χ2n) is 6.63. The van der Waals surface area contributed by atoms with Gasteiger partial charge in [-0.1, -0.05) is 91.0 Å². The van der Waals surface area contributed by atoms with Crippen LogP contribution in [0.5, 0.6) is 0 Å². The zero-order chi connectivity index (χ0) is 17.3. The van der Waals surface area contributed by atoms with Crippen molar-refractivity contribution in [2.75, 3.05) is 0 Å². The van der Waals surface area contributed by atoms with E-state index < -0.39 is 0 Å². The molecule has 0 heterocycles. The van der Waals surface area contributed by atoms with E-state index in [-0.39, 0.29) is 5.41 Å². The first-order chi connectivity index (χ1) is 12.3. The van der Waals surface area contributed by atoms with Crippen LogP contribution in [0.1, 0.15) is 29.2 Å². The lowest BCUT2D eigenvalue weighted by Crippen LogP contribution is -2.17. The van der Waals surface area contributed by atoms with E-state index in [1.165, 1.54) is 33.4 Å².